The number of fused-ring (bicyclic) bond motifs is 1. The predicted octanol–water partition coefficient (Wildman–Crippen LogP) is 1.24. The fourth-order valence-electron chi connectivity index (χ4n) is 3.45. The number of pyridine rings is 1. The first-order chi connectivity index (χ1) is 10.2. The highest BCUT2D eigenvalue weighted by atomic mass is 16.4. The van der Waals surface area contributed by atoms with Gasteiger partial charge in [0.2, 0.25) is 0 Å². The maximum atomic E-state index is 8.80. The van der Waals surface area contributed by atoms with Crippen molar-refractivity contribution in [1.82, 2.24) is 9.88 Å². The van der Waals surface area contributed by atoms with Crippen molar-refractivity contribution in [3.05, 3.63) is 23.9 Å². The maximum Gasteiger partial charge on any atom is 0.188 e. The number of amidine groups is 1. The minimum absolute atomic E-state index is 0.0563. The highest BCUT2D eigenvalue weighted by Gasteiger charge is 2.33. The molecular formula is C15H23N5O. The Morgan fingerprint density at radius 2 is 2.24 bits per heavy atom. The molecule has 2 aliphatic heterocycles. The number of oxime groups is 1. The second-order valence-corrected chi connectivity index (χ2v) is 6.01. The summed E-state index contributed by atoms with van der Waals surface area (Å²) in [5.41, 5.74) is 6.17. The van der Waals surface area contributed by atoms with E-state index in [1.807, 2.05) is 12.1 Å². The Morgan fingerprint density at radius 3 is 3.05 bits per heavy atom. The zero-order valence-corrected chi connectivity index (χ0v) is 12.4. The van der Waals surface area contributed by atoms with E-state index in [0.717, 1.165) is 18.9 Å². The zero-order chi connectivity index (χ0) is 14.8. The van der Waals surface area contributed by atoms with Gasteiger partial charge in [-0.25, -0.2) is 4.98 Å². The summed E-state index contributed by atoms with van der Waals surface area (Å²) in [6.45, 7) is 5.55. The molecular weight excluding hydrogens is 266 g/mol. The summed E-state index contributed by atoms with van der Waals surface area (Å²) in [6.07, 6.45) is 3.91. The third kappa shape index (κ3) is 2.81. The summed E-state index contributed by atoms with van der Waals surface area (Å²) in [7, 11) is 0. The van der Waals surface area contributed by atoms with E-state index < -0.39 is 0 Å². The van der Waals surface area contributed by atoms with Gasteiger partial charge in [-0.3, -0.25) is 4.90 Å². The van der Waals surface area contributed by atoms with Gasteiger partial charge in [0.25, 0.3) is 0 Å². The van der Waals surface area contributed by atoms with E-state index >= 15 is 0 Å². The molecule has 2 aliphatic rings. The number of rotatable bonds is 2. The number of anilines is 1. The van der Waals surface area contributed by atoms with E-state index in [0.29, 0.717) is 17.8 Å². The Hall–Kier alpha value is -1.82. The van der Waals surface area contributed by atoms with E-state index in [2.05, 4.69) is 26.9 Å². The van der Waals surface area contributed by atoms with Crippen molar-refractivity contribution in [2.24, 2.45) is 10.9 Å². The van der Waals surface area contributed by atoms with Gasteiger partial charge >= 0.3 is 0 Å². The molecule has 0 aliphatic carbocycles. The molecule has 2 fully saturated rings. The standard InChI is InChI=1S/C15H23N5O/c1-11-9-19-8-3-2-5-12(19)10-20(11)14-7-4-6-13(17-14)15(16)18-21/h4,6-7,11-12,21H,2-3,5,8-10H2,1H3,(H2,16,18). The fourth-order valence-corrected chi connectivity index (χ4v) is 3.45. The van der Waals surface area contributed by atoms with E-state index in [9.17, 15) is 0 Å². The number of nitrogens with zero attached hydrogens (tertiary/aromatic N) is 4. The third-order valence-electron chi connectivity index (χ3n) is 4.59. The lowest BCUT2D eigenvalue weighted by atomic mass is 9.97. The van der Waals surface area contributed by atoms with Gasteiger partial charge in [0.15, 0.2) is 5.84 Å². The maximum absolute atomic E-state index is 8.80. The molecule has 2 atom stereocenters. The van der Waals surface area contributed by atoms with Crippen LogP contribution in [-0.4, -0.2) is 52.6 Å². The zero-order valence-electron chi connectivity index (χ0n) is 12.4. The van der Waals surface area contributed by atoms with E-state index in [1.54, 1.807) is 6.07 Å². The summed E-state index contributed by atoms with van der Waals surface area (Å²) in [6, 6.07) is 6.73. The quantitative estimate of drug-likeness (QED) is 0.371. The molecule has 0 bridgehead atoms. The third-order valence-corrected chi connectivity index (χ3v) is 4.59. The lowest BCUT2D eigenvalue weighted by Crippen LogP contribution is -2.59. The van der Waals surface area contributed by atoms with Crippen LogP contribution in [0.25, 0.3) is 0 Å². The lowest BCUT2D eigenvalue weighted by molar-refractivity contribution is 0.115. The Balaban J connectivity index is 1.82. The minimum atomic E-state index is 0.0563. The molecule has 1 aromatic rings. The molecule has 0 aromatic carbocycles. The molecule has 1 aromatic heterocycles. The number of hydrogen-bond acceptors (Lipinski definition) is 5. The van der Waals surface area contributed by atoms with Crippen molar-refractivity contribution in [2.75, 3.05) is 24.5 Å². The van der Waals surface area contributed by atoms with Crippen molar-refractivity contribution in [3.63, 3.8) is 0 Å². The van der Waals surface area contributed by atoms with E-state index in [1.165, 1.54) is 25.8 Å². The Kier molecular flexibility index (Phi) is 3.96. The fraction of sp³-hybridized carbons (Fsp3) is 0.600. The van der Waals surface area contributed by atoms with Crippen molar-refractivity contribution in [3.8, 4) is 0 Å². The van der Waals surface area contributed by atoms with Crippen LogP contribution in [0, 0.1) is 0 Å². The van der Waals surface area contributed by atoms with Crippen LogP contribution in [0.2, 0.25) is 0 Å². The predicted molar refractivity (Wildman–Crippen MR) is 82.8 cm³/mol. The molecule has 6 nitrogen and oxygen atoms in total. The number of aromatic nitrogens is 1. The molecule has 3 heterocycles. The van der Waals surface area contributed by atoms with Gasteiger partial charge in [-0.1, -0.05) is 17.6 Å². The van der Waals surface area contributed by atoms with Gasteiger partial charge in [-0.2, -0.15) is 0 Å². The van der Waals surface area contributed by atoms with E-state index in [-0.39, 0.29) is 5.84 Å². The van der Waals surface area contributed by atoms with Gasteiger partial charge in [0.05, 0.1) is 0 Å². The largest absolute Gasteiger partial charge is 0.409 e. The summed E-state index contributed by atoms with van der Waals surface area (Å²) in [4.78, 5) is 9.50. The van der Waals surface area contributed by atoms with Crippen LogP contribution in [0.1, 0.15) is 31.9 Å². The van der Waals surface area contributed by atoms with Gasteiger partial charge in [0.1, 0.15) is 11.5 Å². The highest BCUT2D eigenvalue weighted by molar-refractivity contribution is 5.95. The highest BCUT2D eigenvalue weighted by Crippen LogP contribution is 2.27. The first kappa shape index (κ1) is 14.1. The summed E-state index contributed by atoms with van der Waals surface area (Å²) < 4.78 is 0. The van der Waals surface area contributed by atoms with Gasteiger partial charge in [0, 0.05) is 25.2 Å². The normalized spacial score (nSPS) is 27.5. The molecule has 6 heteroatoms. The Labute approximate surface area is 125 Å². The number of nitrogens with two attached hydrogens (primary N) is 1. The van der Waals surface area contributed by atoms with Crippen LogP contribution < -0.4 is 10.6 Å². The molecule has 0 amide bonds. The summed E-state index contributed by atoms with van der Waals surface area (Å²) in [5, 5.41) is 11.8. The molecule has 0 radical (unpaired) electrons. The van der Waals surface area contributed by atoms with Crippen molar-refractivity contribution in [2.45, 2.75) is 38.3 Å². The SMILES string of the molecule is CC1CN2CCCCC2CN1c1cccc(/C(N)=N/O)n1. The molecule has 114 valence electrons. The van der Waals surface area contributed by atoms with Crippen molar-refractivity contribution in [1.29, 1.82) is 0 Å². The van der Waals surface area contributed by atoms with Crippen LogP contribution in [-0.2, 0) is 0 Å². The lowest BCUT2D eigenvalue weighted by Gasteiger charge is -2.48. The second-order valence-electron chi connectivity index (χ2n) is 6.01. The smallest absolute Gasteiger partial charge is 0.188 e. The molecule has 2 saturated heterocycles. The number of piperazine rings is 1. The van der Waals surface area contributed by atoms with Crippen LogP contribution in [0.15, 0.2) is 23.4 Å². The molecule has 3 rings (SSSR count). The summed E-state index contributed by atoms with van der Waals surface area (Å²) in [5.74, 6) is 0.970. The molecule has 3 N–H and O–H groups in total. The van der Waals surface area contributed by atoms with Gasteiger partial charge < -0.3 is 15.8 Å². The van der Waals surface area contributed by atoms with Crippen LogP contribution in [0.4, 0.5) is 5.82 Å². The second kappa shape index (κ2) is 5.89. The summed E-state index contributed by atoms with van der Waals surface area (Å²) >= 11 is 0. The van der Waals surface area contributed by atoms with Gasteiger partial charge in [-0.05, 0) is 38.4 Å². The van der Waals surface area contributed by atoms with Crippen LogP contribution in [0.5, 0.6) is 0 Å². The first-order valence-corrected chi connectivity index (χ1v) is 7.64. The topological polar surface area (TPSA) is 78.0 Å². The number of piperidine rings is 1. The average Bonchev–Trinajstić information content (AvgIpc) is 2.53. The molecule has 21 heavy (non-hydrogen) atoms. The average molecular weight is 289 g/mol. The number of hydrogen-bond donors (Lipinski definition) is 2. The molecule has 0 saturated carbocycles. The van der Waals surface area contributed by atoms with Crippen molar-refractivity contribution < 1.29 is 5.21 Å². The van der Waals surface area contributed by atoms with Crippen LogP contribution >= 0.6 is 0 Å². The minimum Gasteiger partial charge on any atom is -0.409 e. The monoisotopic (exact) mass is 289 g/mol. The molecule has 0 spiro atoms. The Bertz CT molecular complexity index is 533. The van der Waals surface area contributed by atoms with Gasteiger partial charge in [-0.15, -0.1) is 0 Å². The van der Waals surface area contributed by atoms with E-state index in [4.69, 9.17) is 10.9 Å². The molecule has 2 unspecified atom stereocenters. The van der Waals surface area contributed by atoms with Crippen molar-refractivity contribution >= 4 is 11.7 Å². The van der Waals surface area contributed by atoms with Crippen LogP contribution in [0.3, 0.4) is 0 Å². The first-order valence-electron chi connectivity index (χ1n) is 7.64. The Morgan fingerprint density at radius 1 is 1.38 bits per heavy atom.